The van der Waals surface area contributed by atoms with Crippen molar-refractivity contribution in [1.82, 2.24) is 5.32 Å². The number of benzene rings is 2. The monoisotopic (exact) mass is 372 g/mol. The Morgan fingerprint density at radius 2 is 1.85 bits per heavy atom. The topological polar surface area (TPSA) is 41.6 Å². The van der Waals surface area contributed by atoms with E-state index in [2.05, 4.69) is 16.3 Å². The van der Waals surface area contributed by atoms with Gasteiger partial charge in [0.25, 0.3) is 0 Å². The van der Waals surface area contributed by atoms with E-state index in [4.69, 9.17) is 4.74 Å². The van der Waals surface area contributed by atoms with Crippen molar-refractivity contribution in [2.75, 3.05) is 31.2 Å². The number of anilines is 1. The van der Waals surface area contributed by atoms with Crippen LogP contribution in [-0.2, 0) is 9.53 Å². The van der Waals surface area contributed by atoms with Gasteiger partial charge in [-0.1, -0.05) is 12.1 Å². The lowest BCUT2D eigenvalue weighted by Gasteiger charge is -2.29. The van der Waals surface area contributed by atoms with Crippen LogP contribution < -0.4 is 10.2 Å². The van der Waals surface area contributed by atoms with E-state index in [0.717, 1.165) is 30.4 Å². The van der Waals surface area contributed by atoms with Crippen molar-refractivity contribution in [3.8, 4) is 0 Å². The zero-order valence-electron chi connectivity index (χ0n) is 15.1. The smallest absolute Gasteiger partial charge is 0.244 e. The van der Waals surface area contributed by atoms with Crippen LogP contribution in [0.15, 0.2) is 48.5 Å². The predicted octanol–water partition coefficient (Wildman–Crippen LogP) is 3.69. The average Bonchev–Trinajstić information content (AvgIpc) is 2.66. The molecule has 2 aromatic carbocycles. The number of morpholine rings is 1. The molecule has 142 valence electrons. The van der Waals surface area contributed by atoms with Crippen molar-refractivity contribution >= 4 is 17.7 Å². The Morgan fingerprint density at radius 3 is 2.56 bits per heavy atom. The minimum absolute atomic E-state index is 0.201. The molecule has 0 aliphatic carbocycles. The molecular formula is C21H22F2N2O2. The van der Waals surface area contributed by atoms with Crippen molar-refractivity contribution in [3.05, 3.63) is 71.3 Å². The molecule has 1 heterocycles. The molecule has 1 atom stereocenters. The van der Waals surface area contributed by atoms with Gasteiger partial charge in [-0.15, -0.1) is 0 Å². The molecule has 2 aromatic rings. The summed E-state index contributed by atoms with van der Waals surface area (Å²) in [6.07, 6.45) is 2.66. The summed E-state index contributed by atoms with van der Waals surface area (Å²) in [6, 6.07) is 11.0. The molecule has 0 aromatic heterocycles. The molecule has 0 unspecified atom stereocenters. The molecule has 27 heavy (non-hydrogen) atoms. The molecule has 4 nitrogen and oxygen atoms in total. The molecule has 0 saturated carbocycles. The fraction of sp³-hybridized carbons (Fsp3) is 0.286. The minimum atomic E-state index is -0.677. The molecule has 1 fully saturated rings. The number of rotatable bonds is 5. The number of amides is 1. The third kappa shape index (κ3) is 5.37. The lowest BCUT2D eigenvalue weighted by Crippen LogP contribution is -2.36. The SMILES string of the molecule is C[C@H](NC(=O)C=Cc1cc(F)cc(F)c1)c1cccc(N2CCOCC2)c1. The summed E-state index contributed by atoms with van der Waals surface area (Å²) in [7, 11) is 0. The molecule has 1 N–H and O–H groups in total. The van der Waals surface area contributed by atoms with Crippen LogP contribution in [0.5, 0.6) is 0 Å². The van der Waals surface area contributed by atoms with Crippen molar-refractivity contribution in [2.45, 2.75) is 13.0 Å². The highest BCUT2D eigenvalue weighted by molar-refractivity contribution is 5.92. The van der Waals surface area contributed by atoms with Gasteiger partial charge in [0.2, 0.25) is 5.91 Å². The molecule has 0 spiro atoms. The Bertz CT molecular complexity index is 812. The van der Waals surface area contributed by atoms with Gasteiger partial charge in [0.15, 0.2) is 0 Å². The number of hydrogen-bond donors (Lipinski definition) is 1. The Hall–Kier alpha value is -2.73. The van der Waals surface area contributed by atoms with Crippen LogP contribution in [0.3, 0.4) is 0 Å². The highest BCUT2D eigenvalue weighted by Gasteiger charge is 2.13. The number of nitrogens with one attached hydrogen (secondary N) is 1. The Morgan fingerprint density at radius 1 is 1.15 bits per heavy atom. The van der Waals surface area contributed by atoms with E-state index in [-0.39, 0.29) is 11.9 Å². The van der Waals surface area contributed by atoms with E-state index in [1.165, 1.54) is 24.3 Å². The molecule has 0 bridgehead atoms. The number of carbonyl (C=O) groups is 1. The van der Waals surface area contributed by atoms with E-state index in [1.54, 1.807) is 0 Å². The molecule has 6 heteroatoms. The lowest BCUT2D eigenvalue weighted by molar-refractivity contribution is -0.117. The van der Waals surface area contributed by atoms with Crippen LogP contribution >= 0.6 is 0 Å². The fourth-order valence-electron chi connectivity index (χ4n) is 3.00. The van der Waals surface area contributed by atoms with Crippen molar-refractivity contribution in [3.63, 3.8) is 0 Å². The van der Waals surface area contributed by atoms with Gasteiger partial charge in [-0.3, -0.25) is 4.79 Å². The van der Waals surface area contributed by atoms with E-state index in [1.807, 2.05) is 25.1 Å². The highest BCUT2D eigenvalue weighted by Crippen LogP contribution is 2.21. The Kier molecular flexibility index (Phi) is 6.19. The molecule has 1 aliphatic heterocycles. The van der Waals surface area contributed by atoms with Gasteiger partial charge >= 0.3 is 0 Å². The first-order valence-electron chi connectivity index (χ1n) is 8.88. The Balaban J connectivity index is 1.63. The standard InChI is InChI=1S/C21H22F2N2O2/c1-15(17-3-2-4-20(13-17)25-7-9-27-10-8-25)24-21(26)6-5-16-11-18(22)14-19(23)12-16/h2-6,11-15H,7-10H2,1H3,(H,24,26)/t15-/m0/s1. The largest absolute Gasteiger partial charge is 0.378 e. The normalized spacial score (nSPS) is 15.7. The summed E-state index contributed by atoms with van der Waals surface area (Å²) in [6.45, 7) is 5.00. The van der Waals surface area contributed by atoms with E-state index in [9.17, 15) is 13.6 Å². The highest BCUT2D eigenvalue weighted by atomic mass is 19.1. The van der Waals surface area contributed by atoms with E-state index < -0.39 is 11.6 Å². The van der Waals surface area contributed by atoms with Gasteiger partial charge in [-0.25, -0.2) is 8.78 Å². The predicted molar refractivity (Wildman–Crippen MR) is 101 cm³/mol. The summed E-state index contributed by atoms with van der Waals surface area (Å²) >= 11 is 0. The van der Waals surface area contributed by atoms with Crippen molar-refractivity contribution in [2.24, 2.45) is 0 Å². The fourth-order valence-corrected chi connectivity index (χ4v) is 3.00. The molecule has 3 rings (SSSR count). The third-order valence-corrected chi connectivity index (χ3v) is 4.42. The van der Waals surface area contributed by atoms with Gasteiger partial charge in [0.05, 0.1) is 19.3 Å². The molecule has 1 amide bonds. The van der Waals surface area contributed by atoms with Gasteiger partial charge in [0, 0.05) is 30.9 Å². The van der Waals surface area contributed by atoms with Gasteiger partial charge in [-0.05, 0) is 48.4 Å². The number of ether oxygens (including phenoxy) is 1. The zero-order valence-corrected chi connectivity index (χ0v) is 15.1. The first-order chi connectivity index (χ1) is 13.0. The second-order valence-electron chi connectivity index (χ2n) is 6.46. The molecule has 0 radical (unpaired) electrons. The first kappa shape index (κ1) is 19.0. The second kappa shape index (κ2) is 8.77. The van der Waals surface area contributed by atoms with Crippen molar-refractivity contribution < 1.29 is 18.3 Å². The van der Waals surface area contributed by atoms with Gasteiger partial charge < -0.3 is 15.0 Å². The average molecular weight is 372 g/mol. The summed E-state index contributed by atoms with van der Waals surface area (Å²) in [5.41, 5.74) is 2.38. The molecule has 1 aliphatic rings. The number of nitrogens with zero attached hydrogens (tertiary/aromatic N) is 1. The van der Waals surface area contributed by atoms with E-state index >= 15 is 0 Å². The van der Waals surface area contributed by atoms with Crippen LogP contribution in [0.4, 0.5) is 14.5 Å². The Labute approximate surface area is 157 Å². The summed E-state index contributed by atoms with van der Waals surface area (Å²) in [5.74, 6) is -1.68. The lowest BCUT2D eigenvalue weighted by atomic mass is 10.1. The third-order valence-electron chi connectivity index (χ3n) is 4.42. The van der Waals surface area contributed by atoms with E-state index in [0.29, 0.717) is 18.8 Å². The second-order valence-corrected chi connectivity index (χ2v) is 6.46. The molecular weight excluding hydrogens is 350 g/mol. The quantitative estimate of drug-likeness (QED) is 0.814. The summed E-state index contributed by atoms with van der Waals surface area (Å²) in [4.78, 5) is 14.4. The zero-order chi connectivity index (χ0) is 19.2. The van der Waals surface area contributed by atoms with Gasteiger partial charge in [0.1, 0.15) is 11.6 Å². The van der Waals surface area contributed by atoms with Crippen LogP contribution in [0, 0.1) is 11.6 Å². The maximum atomic E-state index is 13.2. The first-order valence-corrected chi connectivity index (χ1v) is 8.88. The summed E-state index contributed by atoms with van der Waals surface area (Å²) < 4.78 is 31.8. The number of carbonyl (C=O) groups excluding carboxylic acids is 1. The summed E-state index contributed by atoms with van der Waals surface area (Å²) in [5, 5.41) is 2.87. The van der Waals surface area contributed by atoms with Crippen molar-refractivity contribution in [1.29, 1.82) is 0 Å². The minimum Gasteiger partial charge on any atom is -0.378 e. The maximum Gasteiger partial charge on any atom is 0.244 e. The number of halogens is 2. The molecule has 1 saturated heterocycles. The maximum absolute atomic E-state index is 13.2. The van der Waals surface area contributed by atoms with Crippen LogP contribution in [0.1, 0.15) is 24.1 Å². The van der Waals surface area contributed by atoms with Crippen LogP contribution in [0.25, 0.3) is 6.08 Å². The number of hydrogen-bond acceptors (Lipinski definition) is 3. The van der Waals surface area contributed by atoms with Crippen LogP contribution in [-0.4, -0.2) is 32.2 Å². The van der Waals surface area contributed by atoms with Crippen LogP contribution in [0.2, 0.25) is 0 Å². The van der Waals surface area contributed by atoms with Gasteiger partial charge in [-0.2, -0.15) is 0 Å².